The topological polar surface area (TPSA) is 98.9 Å². The molecule has 0 atom stereocenters. The van der Waals surface area contributed by atoms with E-state index in [1.165, 1.54) is 12.2 Å². The van der Waals surface area contributed by atoms with Gasteiger partial charge in [0, 0.05) is 12.1 Å². The fourth-order valence-electron chi connectivity index (χ4n) is 2.67. The lowest BCUT2D eigenvalue weighted by molar-refractivity contribution is -0.385. The van der Waals surface area contributed by atoms with Crippen molar-refractivity contribution in [2.45, 2.75) is 12.6 Å². The smallest absolute Gasteiger partial charge is 0.416 e. The number of ether oxygens (including phenoxy) is 2. The number of halogens is 4. The number of carboxylic acid groups (broad SMARTS) is 1. The van der Waals surface area contributed by atoms with Gasteiger partial charge in [-0.1, -0.05) is 12.2 Å². The van der Waals surface area contributed by atoms with Crippen molar-refractivity contribution < 1.29 is 41.9 Å². The van der Waals surface area contributed by atoms with Crippen LogP contribution in [0.15, 0.2) is 72.0 Å². The zero-order valence-corrected chi connectivity index (χ0v) is 15.9. The Hall–Kier alpha value is -4.15. The van der Waals surface area contributed by atoms with Crippen molar-refractivity contribution in [2.24, 2.45) is 0 Å². The Morgan fingerprint density at radius 3 is 2.53 bits per heavy atom. The van der Waals surface area contributed by atoms with Crippen LogP contribution in [0, 0.1) is 15.9 Å². The number of alkyl halides is 3. The molecule has 0 spiro atoms. The number of nitrogens with zero attached hydrogens (tertiary/aromatic N) is 1. The van der Waals surface area contributed by atoms with Crippen molar-refractivity contribution in [3.05, 3.63) is 93.5 Å². The zero-order chi connectivity index (χ0) is 23.5. The highest BCUT2D eigenvalue weighted by Crippen LogP contribution is 2.36. The Morgan fingerprint density at radius 2 is 1.91 bits per heavy atom. The van der Waals surface area contributed by atoms with Gasteiger partial charge in [-0.3, -0.25) is 10.1 Å². The molecule has 32 heavy (non-hydrogen) atoms. The van der Waals surface area contributed by atoms with Crippen LogP contribution in [-0.2, 0) is 11.0 Å². The molecule has 1 aliphatic carbocycles. The summed E-state index contributed by atoms with van der Waals surface area (Å²) < 4.78 is 62.6. The van der Waals surface area contributed by atoms with E-state index in [0.717, 1.165) is 30.5 Å². The molecule has 166 valence electrons. The number of hydrogen-bond acceptors (Lipinski definition) is 5. The van der Waals surface area contributed by atoms with Gasteiger partial charge in [0.25, 0.3) is 0 Å². The van der Waals surface area contributed by atoms with Crippen molar-refractivity contribution in [3.63, 3.8) is 0 Å². The first kappa shape index (κ1) is 22.5. The van der Waals surface area contributed by atoms with Crippen molar-refractivity contribution in [2.75, 3.05) is 0 Å². The Labute approximate surface area is 177 Å². The van der Waals surface area contributed by atoms with E-state index in [4.69, 9.17) is 14.6 Å². The van der Waals surface area contributed by atoms with E-state index in [9.17, 15) is 32.5 Å². The van der Waals surface area contributed by atoms with Crippen LogP contribution in [0.3, 0.4) is 0 Å². The van der Waals surface area contributed by atoms with Crippen molar-refractivity contribution >= 4 is 11.7 Å². The third-order valence-electron chi connectivity index (χ3n) is 4.19. The Balaban J connectivity index is 1.87. The van der Waals surface area contributed by atoms with E-state index >= 15 is 0 Å². The normalized spacial score (nSPS) is 14.8. The molecule has 0 amide bonds. The molecule has 1 aliphatic rings. The average molecular weight is 451 g/mol. The van der Waals surface area contributed by atoms with Gasteiger partial charge in [0.2, 0.25) is 5.75 Å². The molecule has 3 rings (SSSR count). The Bertz CT molecular complexity index is 1170. The Morgan fingerprint density at radius 1 is 1.16 bits per heavy atom. The average Bonchev–Trinajstić information content (AvgIpc) is 2.73. The van der Waals surface area contributed by atoms with Crippen molar-refractivity contribution in [1.29, 1.82) is 0 Å². The van der Waals surface area contributed by atoms with E-state index < -0.39 is 39.9 Å². The first-order valence-corrected chi connectivity index (χ1v) is 8.85. The summed E-state index contributed by atoms with van der Waals surface area (Å²) in [7, 11) is 0. The largest absolute Gasteiger partial charge is 0.478 e. The van der Waals surface area contributed by atoms with E-state index in [1.807, 2.05) is 0 Å². The summed E-state index contributed by atoms with van der Waals surface area (Å²) in [6, 6.07) is 4.90. The van der Waals surface area contributed by atoms with E-state index in [0.29, 0.717) is 18.1 Å². The third-order valence-corrected chi connectivity index (χ3v) is 4.19. The van der Waals surface area contributed by atoms with E-state index in [-0.39, 0.29) is 23.1 Å². The molecule has 11 heteroatoms. The second-order valence-electron chi connectivity index (χ2n) is 6.45. The minimum Gasteiger partial charge on any atom is -0.478 e. The number of aliphatic carboxylic acids is 1. The minimum atomic E-state index is -4.73. The van der Waals surface area contributed by atoms with Gasteiger partial charge >= 0.3 is 17.8 Å². The molecular weight excluding hydrogens is 438 g/mol. The number of nitro benzene ring substituents is 1. The lowest BCUT2D eigenvalue weighted by Crippen LogP contribution is -2.05. The number of carbonyl (C=O) groups is 1. The van der Waals surface area contributed by atoms with Gasteiger partial charge in [-0.05, 0) is 42.3 Å². The van der Waals surface area contributed by atoms with Crippen LogP contribution < -0.4 is 9.47 Å². The maximum atomic E-state index is 14.0. The molecule has 0 aromatic heterocycles. The van der Waals surface area contributed by atoms with Crippen LogP contribution in [0.5, 0.6) is 17.2 Å². The van der Waals surface area contributed by atoms with Crippen LogP contribution in [0.1, 0.15) is 12.0 Å². The maximum absolute atomic E-state index is 14.0. The fraction of sp³-hybridized carbons (Fsp3) is 0.0952. The zero-order valence-electron chi connectivity index (χ0n) is 15.9. The molecule has 0 saturated heterocycles. The lowest BCUT2D eigenvalue weighted by atomic mass is 10.0. The molecule has 0 heterocycles. The highest BCUT2D eigenvalue weighted by Gasteiger charge is 2.31. The first-order chi connectivity index (χ1) is 15.0. The number of nitro groups is 1. The first-order valence-electron chi connectivity index (χ1n) is 8.85. The Kier molecular flexibility index (Phi) is 6.28. The molecule has 0 fully saturated rings. The second-order valence-corrected chi connectivity index (χ2v) is 6.45. The summed E-state index contributed by atoms with van der Waals surface area (Å²) in [5.74, 6) is -3.39. The number of allylic oxidation sites excluding steroid dienone is 3. The van der Waals surface area contributed by atoms with Crippen molar-refractivity contribution in [3.8, 4) is 17.2 Å². The number of carboxylic acids is 1. The molecule has 2 aromatic rings. The predicted octanol–water partition coefficient (Wildman–Crippen LogP) is 5.78. The van der Waals surface area contributed by atoms with Gasteiger partial charge in [-0.2, -0.15) is 13.2 Å². The third kappa shape index (κ3) is 5.31. The quantitative estimate of drug-likeness (QED) is 0.259. The maximum Gasteiger partial charge on any atom is 0.416 e. The van der Waals surface area contributed by atoms with Gasteiger partial charge in [0.1, 0.15) is 5.75 Å². The van der Waals surface area contributed by atoms with Gasteiger partial charge in [-0.15, -0.1) is 0 Å². The molecule has 0 aliphatic heterocycles. The summed E-state index contributed by atoms with van der Waals surface area (Å²) in [6.07, 6.45) is 1.00. The molecule has 0 unspecified atom stereocenters. The summed E-state index contributed by atoms with van der Waals surface area (Å²) in [4.78, 5) is 21.6. The molecule has 2 aromatic carbocycles. The standard InChI is InChI=1S/C21H13F4NO6/c22-16-9-14(21(23,24)25)4-7-18(16)32-15-5-6-17(26(29)30)19(10-15)31-11-12-2-1-3-13(8-12)20(27)28/h1,3-11H,2H2,(H,27,28). The van der Waals surface area contributed by atoms with Crippen molar-refractivity contribution in [1.82, 2.24) is 0 Å². The summed E-state index contributed by atoms with van der Waals surface area (Å²) in [5.41, 5.74) is -1.25. The van der Waals surface area contributed by atoms with Gasteiger partial charge < -0.3 is 14.6 Å². The molecular formula is C21H13F4NO6. The molecule has 0 saturated carbocycles. The monoisotopic (exact) mass is 451 g/mol. The molecule has 7 nitrogen and oxygen atoms in total. The summed E-state index contributed by atoms with van der Waals surface area (Å²) in [6.45, 7) is 0. The molecule has 0 bridgehead atoms. The van der Waals surface area contributed by atoms with Gasteiger partial charge in [0.05, 0.1) is 22.3 Å². The predicted molar refractivity (Wildman–Crippen MR) is 103 cm³/mol. The van der Waals surface area contributed by atoms with Crippen LogP contribution in [0.4, 0.5) is 23.2 Å². The lowest BCUT2D eigenvalue weighted by Gasteiger charge is -2.11. The summed E-state index contributed by atoms with van der Waals surface area (Å²) in [5, 5.41) is 20.3. The SMILES string of the molecule is O=C(O)C1=CC(=COc2cc(Oc3ccc(C(F)(F)F)cc3F)ccc2[N+](=O)[O-])CC=C1. The number of hydrogen-bond donors (Lipinski definition) is 1. The second kappa shape index (κ2) is 8.92. The van der Waals surface area contributed by atoms with E-state index in [2.05, 4.69) is 0 Å². The number of benzene rings is 2. The van der Waals surface area contributed by atoms with Crippen LogP contribution in [0.25, 0.3) is 0 Å². The molecule has 0 radical (unpaired) electrons. The highest BCUT2D eigenvalue weighted by molar-refractivity contribution is 5.90. The van der Waals surface area contributed by atoms with E-state index in [1.54, 1.807) is 6.08 Å². The fourth-order valence-corrected chi connectivity index (χ4v) is 2.67. The highest BCUT2D eigenvalue weighted by atomic mass is 19.4. The van der Waals surface area contributed by atoms with Crippen LogP contribution in [0.2, 0.25) is 0 Å². The van der Waals surface area contributed by atoms with Crippen LogP contribution >= 0.6 is 0 Å². The van der Waals surface area contributed by atoms with Gasteiger partial charge in [0.15, 0.2) is 11.6 Å². The minimum absolute atomic E-state index is 0.00420. The molecule has 1 N–H and O–H groups in total. The summed E-state index contributed by atoms with van der Waals surface area (Å²) >= 11 is 0. The van der Waals surface area contributed by atoms with Gasteiger partial charge in [-0.25, -0.2) is 9.18 Å². The van der Waals surface area contributed by atoms with Crippen LogP contribution in [-0.4, -0.2) is 16.0 Å². The number of rotatable bonds is 6.